The van der Waals surface area contributed by atoms with Crippen LogP contribution in [0.4, 0.5) is 0 Å². The van der Waals surface area contributed by atoms with E-state index in [9.17, 15) is 0 Å². The van der Waals surface area contributed by atoms with Crippen molar-refractivity contribution in [2.45, 2.75) is 44.4 Å². The van der Waals surface area contributed by atoms with Gasteiger partial charge in [0.25, 0.3) is 0 Å². The third kappa shape index (κ3) is 2.40. The van der Waals surface area contributed by atoms with Crippen LogP contribution in [-0.2, 0) is 0 Å². The van der Waals surface area contributed by atoms with Gasteiger partial charge in [0.15, 0.2) is 0 Å². The molecule has 1 aromatic rings. The normalized spacial score (nSPS) is 28.9. The van der Waals surface area contributed by atoms with Gasteiger partial charge in [-0.05, 0) is 41.9 Å². The number of pyridine rings is 1. The molecule has 16 heavy (non-hydrogen) atoms. The maximum Gasteiger partial charge on any atom is 0.0432 e. The second-order valence-corrected chi connectivity index (χ2v) is 5.59. The molecule has 4 atom stereocenters. The molecule has 4 unspecified atom stereocenters. The van der Waals surface area contributed by atoms with E-state index in [-0.39, 0.29) is 5.38 Å². The molecular weight excluding hydrogens is 218 g/mol. The van der Waals surface area contributed by atoms with Crippen LogP contribution < -0.4 is 0 Å². The van der Waals surface area contributed by atoms with E-state index in [1.807, 2.05) is 12.4 Å². The van der Waals surface area contributed by atoms with Crippen LogP contribution >= 0.6 is 11.6 Å². The summed E-state index contributed by atoms with van der Waals surface area (Å²) in [5.74, 6) is 1.90. The van der Waals surface area contributed by atoms with Crippen LogP contribution in [0.5, 0.6) is 0 Å². The van der Waals surface area contributed by atoms with Crippen molar-refractivity contribution in [1.29, 1.82) is 0 Å². The second kappa shape index (κ2) is 5.18. The number of nitrogens with zero attached hydrogens (tertiary/aromatic N) is 1. The molecule has 0 aliphatic heterocycles. The van der Waals surface area contributed by atoms with Crippen molar-refractivity contribution < 1.29 is 0 Å². The summed E-state index contributed by atoms with van der Waals surface area (Å²) in [6, 6.07) is 4.17. The predicted molar refractivity (Wildman–Crippen MR) is 68.8 cm³/mol. The van der Waals surface area contributed by atoms with Gasteiger partial charge < -0.3 is 0 Å². The summed E-state index contributed by atoms with van der Waals surface area (Å²) in [5.41, 5.74) is 1.31. The standard InChI is InChI=1S/C14H20ClN/c1-10-4-3-5-13(10)14(15)11(2)12-6-8-16-9-7-12/h6-11,13-14H,3-5H2,1-2H3. The number of hydrogen-bond acceptors (Lipinski definition) is 1. The lowest BCUT2D eigenvalue weighted by atomic mass is 9.85. The third-order valence-electron chi connectivity index (χ3n) is 4.05. The molecule has 2 rings (SSSR count). The summed E-state index contributed by atoms with van der Waals surface area (Å²) in [4.78, 5) is 4.06. The lowest BCUT2D eigenvalue weighted by Gasteiger charge is -2.27. The monoisotopic (exact) mass is 237 g/mol. The molecule has 0 bridgehead atoms. The lowest BCUT2D eigenvalue weighted by Crippen LogP contribution is -2.23. The molecule has 1 heterocycles. The maximum absolute atomic E-state index is 6.65. The van der Waals surface area contributed by atoms with Gasteiger partial charge in [-0.15, -0.1) is 11.6 Å². The van der Waals surface area contributed by atoms with E-state index in [1.54, 1.807) is 0 Å². The smallest absolute Gasteiger partial charge is 0.0432 e. The Morgan fingerprint density at radius 1 is 1.31 bits per heavy atom. The minimum absolute atomic E-state index is 0.264. The molecule has 0 spiro atoms. The fourth-order valence-electron chi connectivity index (χ4n) is 2.87. The van der Waals surface area contributed by atoms with Crippen LogP contribution in [0, 0.1) is 11.8 Å². The van der Waals surface area contributed by atoms with Crippen LogP contribution in [0.1, 0.15) is 44.6 Å². The summed E-state index contributed by atoms with van der Waals surface area (Å²) < 4.78 is 0. The van der Waals surface area contributed by atoms with Gasteiger partial charge in [0.05, 0.1) is 0 Å². The first kappa shape index (κ1) is 11.9. The molecule has 0 aromatic carbocycles. The number of alkyl halides is 1. The molecule has 0 saturated heterocycles. The van der Waals surface area contributed by atoms with Crippen LogP contribution in [0.2, 0.25) is 0 Å². The average Bonchev–Trinajstić information content (AvgIpc) is 2.75. The highest BCUT2D eigenvalue weighted by Gasteiger charge is 2.33. The lowest BCUT2D eigenvalue weighted by molar-refractivity contribution is 0.375. The van der Waals surface area contributed by atoms with E-state index < -0.39 is 0 Å². The Hall–Kier alpha value is -0.560. The zero-order chi connectivity index (χ0) is 11.5. The van der Waals surface area contributed by atoms with Crippen LogP contribution in [-0.4, -0.2) is 10.4 Å². The van der Waals surface area contributed by atoms with E-state index in [0.29, 0.717) is 11.8 Å². The fourth-order valence-corrected chi connectivity index (χ4v) is 3.39. The SMILES string of the molecule is CC1CCCC1C(Cl)C(C)c1ccncc1. The minimum atomic E-state index is 0.264. The summed E-state index contributed by atoms with van der Waals surface area (Å²) in [7, 11) is 0. The third-order valence-corrected chi connectivity index (χ3v) is 4.75. The van der Waals surface area contributed by atoms with Gasteiger partial charge in [-0.1, -0.05) is 26.7 Å². The van der Waals surface area contributed by atoms with Gasteiger partial charge in [0.2, 0.25) is 0 Å². The van der Waals surface area contributed by atoms with Crippen LogP contribution in [0.25, 0.3) is 0 Å². The highest BCUT2D eigenvalue weighted by Crippen LogP contribution is 2.41. The molecule has 2 heteroatoms. The topological polar surface area (TPSA) is 12.9 Å². The Balaban J connectivity index is 2.07. The van der Waals surface area contributed by atoms with Gasteiger partial charge in [-0.25, -0.2) is 0 Å². The number of halogens is 1. The molecule has 1 aliphatic carbocycles. The Morgan fingerprint density at radius 2 is 2.00 bits per heavy atom. The Morgan fingerprint density at radius 3 is 2.56 bits per heavy atom. The van der Waals surface area contributed by atoms with E-state index in [2.05, 4.69) is 31.0 Å². The first-order chi connectivity index (χ1) is 7.70. The van der Waals surface area contributed by atoms with Gasteiger partial charge in [0.1, 0.15) is 0 Å². The first-order valence-electron chi connectivity index (χ1n) is 6.24. The molecule has 88 valence electrons. The molecule has 1 aliphatic rings. The Bertz CT molecular complexity index is 325. The molecule has 1 nitrogen and oxygen atoms in total. The molecule has 1 fully saturated rings. The Labute approximate surface area is 103 Å². The van der Waals surface area contributed by atoms with Crippen molar-refractivity contribution in [2.24, 2.45) is 11.8 Å². The quantitative estimate of drug-likeness (QED) is 0.717. The molecule has 1 saturated carbocycles. The fraction of sp³-hybridized carbons (Fsp3) is 0.643. The van der Waals surface area contributed by atoms with Gasteiger partial charge in [0, 0.05) is 17.8 Å². The highest BCUT2D eigenvalue weighted by atomic mass is 35.5. The van der Waals surface area contributed by atoms with Crippen molar-refractivity contribution in [3.63, 3.8) is 0 Å². The second-order valence-electron chi connectivity index (χ2n) is 5.09. The minimum Gasteiger partial charge on any atom is -0.265 e. The van der Waals surface area contributed by atoms with E-state index in [0.717, 1.165) is 5.92 Å². The first-order valence-corrected chi connectivity index (χ1v) is 6.67. The molecule has 0 N–H and O–H groups in total. The van der Waals surface area contributed by atoms with Crippen molar-refractivity contribution >= 4 is 11.6 Å². The molecule has 0 amide bonds. The van der Waals surface area contributed by atoms with Crippen molar-refractivity contribution in [2.75, 3.05) is 0 Å². The van der Waals surface area contributed by atoms with Crippen molar-refractivity contribution in [1.82, 2.24) is 4.98 Å². The summed E-state index contributed by atoms with van der Waals surface area (Å²) in [6.07, 6.45) is 7.70. The molecular formula is C14H20ClN. The van der Waals surface area contributed by atoms with E-state index >= 15 is 0 Å². The zero-order valence-corrected chi connectivity index (χ0v) is 10.8. The summed E-state index contributed by atoms with van der Waals surface area (Å²) in [5, 5.41) is 0.264. The van der Waals surface area contributed by atoms with Crippen LogP contribution in [0.3, 0.4) is 0 Å². The largest absolute Gasteiger partial charge is 0.265 e. The van der Waals surface area contributed by atoms with Gasteiger partial charge in [-0.2, -0.15) is 0 Å². The summed E-state index contributed by atoms with van der Waals surface area (Å²) in [6.45, 7) is 4.57. The molecule has 1 aromatic heterocycles. The van der Waals surface area contributed by atoms with Crippen molar-refractivity contribution in [3.8, 4) is 0 Å². The summed E-state index contributed by atoms with van der Waals surface area (Å²) >= 11 is 6.65. The predicted octanol–water partition coefficient (Wildman–Crippen LogP) is 4.23. The van der Waals surface area contributed by atoms with E-state index in [4.69, 9.17) is 11.6 Å². The van der Waals surface area contributed by atoms with Crippen LogP contribution in [0.15, 0.2) is 24.5 Å². The van der Waals surface area contributed by atoms with E-state index in [1.165, 1.54) is 24.8 Å². The zero-order valence-electron chi connectivity index (χ0n) is 10.1. The average molecular weight is 238 g/mol. The molecule has 0 radical (unpaired) electrons. The number of aromatic nitrogens is 1. The van der Waals surface area contributed by atoms with Gasteiger partial charge >= 0.3 is 0 Å². The maximum atomic E-state index is 6.65. The number of rotatable bonds is 3. The Kier molecular flexibility index (Phi) is 3.86. The highest BCUT2D eigenvalue weighted by molar-refractivity contribution is 6.21. The van der Waals surface area contributed by atoms with Gasteiger partial charge in [-0.3, -0.25) is 4.98 Å². The van der Waals surface area contributed by atoms with Crippen molar-refractivity contribution in [3.05, 3.63) is 30.1 Å². The number of hydrogen-bond donors (Lipinski definition) is 0.